The molecule has 21 heavy (non-hydrogen) atoms. The molecule has 118 valence electrons. The molecule has 3 aliphatic heterocycles. The lowest BCUT2D eigenvalue weighted by Gasteiger charge is -2.37. The lowest BCUT2D eigenvalue weighted by molar-refractivity contribution is -0.144. The van der Waals surface area contributed by atoms with Crippen LogP contribution >= 0.6 is 11.8 Å². The van der Waals surface area contributed by atoms with Crippen LogP contribution in [0, 0.1) is 5.92 Å². The Balaban J connectivity index is 1.69. The van der Waals surface area contributed by atoms with E-state index in [9.17, 15) is 9.59 Å². The van der Waals surface area contributed by atoms with Crippen molar-refractivity contribution in [1.82, 2.24) is 15.1 Å². The van der Waals surface area contributed by atoms with E-state index in [-0.39, 0.29) is 22.7 Å². The third-order valence-corrected chi connectivity index (χ3v) is 6.56. The highest BCUT2D eigenvalue weighted by Gasteiger charge is 2.53. The summed E-state index contributed by atoms with van der Waals surface area (Å²) in [6.45, 7) is 4.75. The summed E-state index contributed by atoms with van der Waals surface area (Å²) in [6, 6.07) is -0.233. The lowest BCUT2D eigenvalue weighted by atomic mass is 9.97. The van der Waals surface area contributed by atoms with Crippen molar-refractivity contribution >= 4 is 23.6 Å². The number of hydrogen-bond acceptors (Lipinski definition) is 4. The van der Waals surface area contributed by atoms with Gasteiger partial charge in [-0.05, 0) is 45.7 Å². The second kappa shape index (κ2) is 5.80. The maximum atomic E-state index is 12.9. The Hall–Kier alpha value is -0.750. The first kappa shape index (κ1) is 15.2. The fourth-order valence-electron chi connectivity index (χ4n) is 3.93. The Labute approximate surface area is 130 Å². The van der Waals surface area contributed by atoms with Gasteiger partial charge in [-0.1, -0.05) is 0 Å². The van der Waals surface area contributed by atoms with Crippen molar-refractivity contribution in [3.05, 3.63) is 0 Å². The minimum Gasteiger partial charge on any atom is -0.341 e. The number of carbonyl (C=O) groups excluding carboxylic acids is 2. The second-order valence-electron chi connectivity index (χ2n) is 6.62. The van der Waals surface area contributed by atoms with Gasteiger partial charge in [0.2, 0.25) is 11.8 Å². The molecule has 6 heteroatoms. The van der Waals surface area contributed by atoms with Crippen LogP contribution in [0.5, 0.6) is 0 Å². The molecule has 3 unspecified atom stereocenters. The van der Waals surface area contributed by atoms with E-state index in [2.05, 4.69) is 12.2 Å². The van der Waals surface area contributed by atoms with Crippen molar-refractivity contribution in [1.29, 1.82) is 0 Å². The number of likely N-dealkylation sites (tertiary alicyclic amines) is 1. The summed E-state index contributed by atoms with van der Waals surface area (Å²) >= 11 is 1.78. The van der Waals surface area contributed by atoms with Gasteiger partial charge in [-0.15, -0.1) is 11.8 Å². The van der Waals surface area contributed by atoms with Crippen molar-refractivity contribution in [2.24, 2.45) is 5.92 Å². The molecule has 3 fully saturated rings. The van der Waals surface area contributed by atoms with Gasteiger partial charge >= 0.3 is 0 Å². The van der Waals surface area contributed by atoms with E-state index in [1.807, 2.05) is 16.8 Å². The highest BCUT2D eigenvalue weighted by atomic mass is 32.2. The number of fused-ring (bicyclic) bond motifs is 1. The fourth-order valence-corrected chi connectivity index (χ4v) is 5.36. The normalized spacial score (nSPS) is 36.2. The molecule has 0 radical (unpaired) electrons. The van der Waals surface area contributed by atoms with Crippen LogP contribution in [-0.2, 0) is 9.59 Å². The number of hydrogen-bond donors (Lipinski definition) is 1. The van der Waals surface area contributed by atoms with Crippen LogP contribution < -0.4 is 5.32 Å². The fraction of sp³-hybridized carbons (Fsp3) is 0.867. The average molecular weight is 311 g/mol. The summed E-state index contributed by atoms with van der Waals surface area (Å²) in [4.78, 5) is 28.8. The molecule has 0 aliphatic carbocycles. The lowest BCUT2D eigenvalue weighted by Crippen LogP contribution is -2.53. The van der Waals surface area contributed by atoms with Crippen molar-refractivity contribution in [3.8, 4) is 0 Å². The predicted octanol–water partition coefficient (Wildman–Crippen LogP) is 0.898. The van der Waals surface area contributed by atoms with E-state index in [0.717, 1.165) is 38.2 Å². The van der Waals surface area contributed by atoms with Gasteiger partial charge < -0.3 is 15.1 Å². The zero-order valence-corrected chi connectivity index (χ0v) is 13.7. The topological polar surface area (TPSA) is 52.7 Å². The number of nitrogens with one attached hydrogen (secondary N) is 1. The van der Waals surface area contributed by atoms with E-state index in [0.29, 0.717) is 12.3 Å². The van der Waals surface area contributed by atoms with E-state index >= 15 is 0 Å². The van der Waals surface area contributed by atoms with Crippen LogP contribution in [0.25, 0.3) is 0 Å². The molecular weight excluding hydrogens is 286 g/mol. The summed E-state index contributed by atoms with van der Waals surface area (Å²) in [7, 11) is 1.96. The molecule has 3 saturated heterocycles. The Morgan fingerprint density at radius 2 is 2.33 bits per heavy atom. The van der Waals surface area contributed by atoms with Crippen molar-refractivity contribution < 1.29 is 9.59 Å². The Morgan fingerprint density at radius 1 is 1.52 bits per heavy atom. The van der Waals surface area contributed by atoms with Crippen LogP contribution in [0.2, 0.25) is 0 Å². The number of piperidine rings is 1. The standard InChI is InChI=1S/C15H25N3O2S/c1-15-6-5-13(19)18(15)12(10-21-15)14(20)17-7-3-4-11(9-17)8-16-2/h11-12,16H,3-10H2,1-2H3. The molecule has 0 spiro atoms. The smallest absolute Gasteiger partial charge is 0.246 e. The number of rotatable bonds is 3. The molecule has 3 rings (SSSR count). The Morgan fingerprint density at radius 3 is 3.10 bits per heavy atom. The van der Waals surface area contributed by atoms with Gasteiger partial charge in [0, 0.05) is 25.3 Å². The molecule has 3 heterocycles. The molecular formula is C15H25N3O2S. The molecule has 0 aromatic heterocycles. The van der Waals surface area contributed by atoms with Crippen LogP contribution in [0.1, 0.15) is 32.6 Å². The van der Waals surface area contributed by atoms with Crippen LogP contribution in [0.3, 0.4) is 0 Å². The van der Waals surface area contributed by atoms with Gasteiger partial charge in [-0.25, -0.2) is 0 Å². The summed E-state index contributed by atoms with van der Waals surface area (Å²) < 4.78 is 0. The number of nitrogens with zero attached hydrogens (tertiary/aromatic N) is 2. The first-order valence-electron chi connectivity index (χ1n) is 7.94. The molecule has 0 saturated carbocycles. The predicted molar refractivity (Wildman–Crippen MR) is 84.0 cm³/mol. The highest BCUT2D eigenvalue weighted by Crippen LogP contribution is 2.47. The third-order valence-electron chi connectivity index (χ3n) is 5.05. The van der Waals surface area contributed by atoms with E-state index in [4.69, 9.17) is 0 Å². The average Bonchev–Trinajstić information content (AvgIpc) is 2.96. The van der Waals surface area contributed by atoms with Crippen molar-refractivity contribution in [2.75, 3.05) is 32.4 Å². The SMILES string of the molecule is CNCC1CCCN(C(=O)C2CSC3(C)CCC(=O)N23)C1. The minimum absolute atomic E-state index is 0.141. The van der Waals surface area contributed by atoms with Crippen LogP contribution in [-0.4, -0.2) is 65.0 Å². The molecule has 2 amide bonds. The third kappa shape index (κ3) is 2.68. The second-order valence-corrected chi connectivity index (χ2v) is 8.12. The van der Waals surface area contributed by atoms with Gasteiger partial charge in [0.15, 0.2) is 0 Å². The highest BCUT2D eigenvalue weighted by molar-refractivity contribution is 8.01. The maximum absolute atomic E-state index is 12.9. The van der Waals surface area contributed by atoms with E-state index < -0.39 is 0 Å². The molecule has 1 N–H and O–H groups in total. The first-order chi connectivity index (χ1) is 10.0. The van der Waals surface area contributed by atoms with Crippen LogP contribution in [0.15, 0.2) is 0 Å². The van der Waals surface area contributed by atoms with Gasteiger partial charge in [0.1, 0.15) is 6.04 Å². The Kier molecular flexibility index (Phi) is 4.19. The number of thioether (sulfide) groups is 1. The van der Waals surface area contributed by atoms with Gasteiger partial charge in [-0.3, -0.25) is 9.59 Å². The monoisotopic (exact) mass is 311 g/mol. The molecule has 0 aromatic rings. The number of amides is 2. The van der Waals surface area contributed by atoms with E-state index in [1.54, 1.807) is 11.8 Å². The summed E-state index contributed by atoms with van der Waals surface area (Å²) in [6.07, 6.45) is 3.73. The molecule has 3 aliphatic rings. The van der Waals surface area contributed by atoms with Crippen molar-refractivity contribution in [2.45, 2.75) is 43.5 Å². The first-order valence-corrected chi connectivity index (χ1v) is 8.93. The molecule has 5 nitrogen and oxygen atoms in total. The van der Waals surface area contributed by atoms with Crippen molar-refractivity contribution in [3.63, 3.8) is 0 Å². The van der Waals surface area contributed by atoms with Crippen LogP contribution in [0.4, 0.5) is 0 Å². The van der Waals surface area contributed by atoms with E-state index in [1.165, 1.54) is 6.42 Å². The zero-order valence-electron chi connectivity index (χ0n) is 12.9. The minimum atomic E-state index is -0.233. The van der Waals surface area contributed by atoms with Gasteiger partial charge in [-0.2, -0.15) is 0 Å². The van der Waals surface area contributed by atoms with Gasteiger partial charge in [0.05, 0.1) is 4.87 Å². The molecule has 3 atom stereocenters. The van der Waals surface area contributed by atoms with Gasteiger partial charge in [0.25, 0.3) is 0 Å². The number of carbonyl (C=O) groups is 2. The zero-order chi connectivity index (χ0) is 15.0. The Bertz CT molecular complexity index is 443. The summed E-state index contributed by atoms with van der Waals surface area (Å²) in [5, 5.41) is 3.21. The summed E-state index contributed by atoms with van der Waals surface area (Å²) in [5.41, 5.74) is 0. The largest absolute Gasteiger partial charge is 0.341 e. The maximum Gasteiger partial charge on any atom is 0.246 e. The molecule has 0 bridgehead atoms. The summed E-state index contributed by atoms with van der Waals surface area (Å²) in [5.74, 6) is 1.63. The molecule has 0 aromatic carbocycles. The quantitative estimate of drug-likeness (QED) is 0.841.